The van der Waals surface area contributed by atoms with Crippen LogP contribution in [0.25, 0.3) is 0 Å². The Labute approximate surface area is 103 Å². The van der Waals surface area contributed by atoms with E-state index in [1.165, 1.54) is 0 Å². The van der Waals surface area contributed by atoms with E-state index in [1.807, 2.05) is 26.8 Å². The number of benzene rings is 1. The molecule has 0 aromatic heterocycles. The lowest BCUT2D eigenvalue weighted by atomic mass is 10.1. The second-order valence-electron chi connectivity index (χ2n) is 3.64. The molecule has 0 radical (unpaired) electrons. The van der Waals surface area contributed by atoms with Gasteiger partial charge in [0.1, 0.15) is 0 Å². The summed E-state index contributed by atoms with van der Waals surface area (Å²) in [6.45, 7) is 5.51. The number of esters is 1. The SMILES string of the molecule is Cc1cc(I)cc(C(=O)OC(C)C)c1N. The van der Waals surface area contributed by atoms with Gasteiger partial charge < -0.3 is 10.5 Å². The van der Waals surface area contributed by atoms with Gasteiger partial charge in [-0.15, -0.1) is 0 Å². The Kier molecular flexibility index (Phi) is 3.96. The minimum absolute atomic E-state index is 0.130. The molecule has 0 saturated carbocycles. The molecule has 15 heavy (non-hydrogen) atoms. The van der Waals surface area contributed by atoms with Gasteiger partial charge in [0.15, 0.2) is 0 Å². The highest BCUT2D eigenvalue weighted by Gasteiger charge is 2.14. The Hall–Kier alpha value is -0.780. The monoisotopic (exact) mass is 319 g/mol. The van der Waals surface area contributed by atoms with Crippen LogP contribution >= 0.6 is 22.6 Å². The number of ether oxygens (including phenoxy) is 1. The van der Waals surface area contributed by atoms with Crippen molar-refractivity contribution in [3.05, 3.63) is 26.8 Å². The fourth-order valence-electron chi connectivity index (χ4n) is 1.20. The van der Waals surface area contributed by atoms with E-state index in [4.69, 9.17) is 10.5 Å². The highest BCUT2D eigenvalue weighted by molar-refractivity contribution is 14.1. The van der Waals surface area contributed by atoms with Crippen molar-refractivity contribution in [2.75, 3.05) is 5.73 Å². The van der Waals surface area contributed by atoms with E-state index in [1.54, 1.807) is 6.07 Å². The molecular weight excluding hydrogens is 305 g/mol. The molecule has 2 N–H and O–H groups in total. The van der Waals surface area contributed by atoms with Crippen molar-refractivity contribution in [2.45, 2.75) is 26.9 Å². The number of carbonyl (C=O) groups is 1. The van der Waals surface area contributed by atoms with Gasteiger partial charge in [-0.05, 0) is 61.1 Å². The quantitative estimate of drug-likeness (QED) is 0.518. The van der Waals surface area contributed by atoms with Gasteiger partial charge in [-0.25, -0.2) is 4.79 Å². The number of rotatable bonds is 2. The summed E-state index contributed by atoms with van der Waals surface area (Å²) in [5, 5.41) is 0. The van der Waals surface area contributed by atoms with Crippen molar-refractivity contribution >= 4 is 34.2 Å². The van der Waals surface area contributed by atoms with E-state index < -0.39 is 0 Å². The van der Waals surface area contributed by atoms with Crippen LogP contribution in [0.1, 0.15) is 29.8 Å². The van der Waals surface area contributed by atoms with Crippen LogP contribution in [0.2, 0.25) is 0 Å². The number of nitrogen functional groups attached to an aromatic ring is 1. The Balaban J connectivity index is 3.08. The first-order chi connectivity index (χ1) is 6.91. The molecule has 0 bridgehead atoms. The molecule has 82 valence electrons. The van der Waals surface area contributed by atoms with Crippen LogP contribution in [0.15, 0.2) is 12.1 Å². The van der Waals surface area contributed by atoms with E-state index in [2.05, 4.69) is 22.6 Å². The molecule has 0 amide bonds. The first-order valence-corrected chi connectivity index (χ1v) is 5.76. The number of hydrogen-bond donors (Lipinski definition) is 1. The second-order valence-corrected chi connectivity index (χ2v) is 4.88. The Bertz CT molecular complexity index is 388. The zero-order valence-electron chi connectivity index (χ0n) is 9.00. The third-order valence-corrected chi connectivity index (χ3v) is 2.54. The lowest BCUT2D eigenvalue weighted by molar-refractivity contribution is 0.0379. The Morgan fingerprint density at radius 1 is 1.47 bits per heavy atom. The first-order valence-electron chi connectivity index (χ1n) is 4.68. The van der Waals surface area contributed by atoms with Gasteiger partial charge in [0.05, 0.1) is 11.7 Å². The second kappa shape index (κ2) is 4.83. The minimum atomic E-state index is -0.357. The summed E-state index contributed by atoms with van der Waals surface area (Å²) < 4.78 is 6.09. The van der Waals surface area contributed by atoms with Crippen LogP contribution in [0, 0.1) is 10.5 Å². The van der Waals surface area contributed by atoms with Crippen molar-refractivity contribution in [3.63, 3.8) is 0 Å². The normalized spacial score (nSPS) is 10.5. The number of nitrogens with two attached hydrogens (primary N) is 1. The molecule has 0 heterocycles. The lowest BCUT2D eigenvalue weighted by Gasteiger charge is -2.11. The molecule has 0 unspecified atom stereocenters. The third-order valence-electron chi connectivity index (χ3n) is 1.91. The maximum atomic E-state index is 11.7. The maximum absolute atomic E-state index is 11.7. The Morgan fingerprint density at radius 2 is 2.07 bits per heavy atom. The van der Waals surface area contributed by atoms with Crippen molar-refractivity contribution in [3.8, 4) is 0 Å². The summed E-state index contributed by atoms with van der Waals surface area (Å²) in [6.07, 6.45) is -0.130. The number of halogens is 1. The molecule has 0 spiro atoms. The third kappa shape index (κ3) is 3.09. The van der Waals surface area contributed by atoms with Gasteiger partial charge in [0.2, 0.25) is 0 Å². The van der Waals surface area contributed by atoms with E-state index in [0.29, 0.717) is 11.3 Å². The molecule has 1 aromatic rings. The Morgan fingerprint density at radius 3 is 2.60 bits per heavy atom. The molecule has 4 heteroatoms. The van der Waals surface area contributed by atoms with Crippen LogP contribution in [-0.2, 0) is 4.74 Å². The summed E-state index contributed by atoms with van der Waals surface area (Å²) in [4.78, 5) is 11.7. The fourth-order valence-corrected chi connectivity index (χ4v) is 1.98. The zero-order valence-corrected chi connectivity index (χ0v) is 11.2. The number of carbonyl (C=O) groups excluding carboxylic acids is 1. The molecule has 0 atom stereocenters. The highest BCUT2D eigenvalue weighted by Crippen LogP contribution is 2.21. The largest absolute Gasteiger partial charge is 0.459 e. The molecule has 0 saturated heterocycles. The summed E-state index contributed by atoms with van der Waals surface area (Å²) in [5.74, 6) is -0.357. The lowest BCUT2D eigenvalue weighted by Crippen LogP contribution is -2.14. The van der Waals surface area contributed by atoms with Gasteiger partial charge >= 0.3 is 5.97 Å². The maximum Gasteiger partial charge on any atom is 0.340 e. The summed E-state index contributed by atoms with van der Waals surface area (Å²) in [7, 11) is 0. The van der Waals surface area contributed by atoms with Crippen molar-refractivity contribution < 1.29 is 9.53 Å². The van der Waals surface area contributed by atoms with Gasteiger partial charge in [-0.2, -0.15) is 0 Å². The predicted molar refractivity (Wildman–Crippen MR) is 68.9 cm³/mol. The predicted octanol–water partition coefficient (Wildman–Crippen LogP) is 2.75. The molecular formula is C11H14INO2. The van der Waals surface area contributed by atoms with Gasteiger partial charge in [0, 0.05) is 9.26 Å². The van der Waals surface area contributed by atoms with Crippen molar-refractivity contribution in [2.24, 2.45) is 0 Å². The number of anilines is 1. The van der Waals surface area contributed by atoms with Crippen LogP contribution in [0.3, 0.4) is 0 Å². The highest BCUT2D eigenvalue weighted by atomic mass is 127. The average molecular weight is 319 g/mol. The van der Waals surface area contributed by atoms with E-state index in [0.717, 1.165) is 9.13 Å². The number of hydrogen-bond acceptors (Lipinski definition) is 3. The molecule has 0 aliphatic heterocycles. The first kappa shape index (κ1) is 12.3. The van der Waals surface area contributed by atoms with Crippen LogP contribution in [0.4, 0.5) is 5.69 Å². The zero-order chi connectivity index (χ0) is 11.6. The number of aryl methyl sites for hydroxylation is 1. The summed E-state index contributed by atoms with van der Waals surface area (Å²) in [6, 6.07) is 3.68. The van der Waals surface area contributed by atoms with Crippen molar-refractivity contribution in [1.29, 1.82) is 0 Å². The molecule has 0 aliphatic carbocycles. The minimum Gasteiger partial charge on any atom is -0.459 e. The van der Waals surface area contributed by atoms with Gasteiger partial charge in [-0.1, -0.05) is 0 Å². The van der Waals surface area contributed by atoms with Crippen LogP contribution in [0.5, 0.6) is 0 Å². The topological polar surface area (TPSA) is 52.3 Å². The molecule has 0 fully saturated rings. The van der Waals surface area contributed by atoms with E-state index in [-0.39, 0.29) is 12.1 Å². The van der Waals surface area contributed by atoms with E-state index in [9.17, 15) is 4.79 Å². The summed E-state index contributed by atoms with van der Waals surface area (Å²) >= 11 is 2.15. The standard InChI is InChI=1S/C11H14INO2/c1-6(2)15-11(14)9-5-8(12)4-7(3)10(9)13/h4-6H,13H2,1-3H3. The molecule has 1 aromatic carbocycles. The molecule has 3 nitrogen and oxygen atoms in total. The smallest absolute Gasteiger partial charge is 0.340 e. The molecule has 0 aliphatic rings. The van der Waals surface area contributed by atoms with Crippen LogP contribution < -0.4 is 5.73 Å². The molecule has 1 rings (SSSR count). The van der Waals surface area contributed by atoms with Gasteiger partial charge in [-0.3, -0.25) is 0 Å². The average Bonchev–Trinajstić information content (AvgIpc) is 2.09. The van der Waals surface area contributed by atoms with Gasteiger partial charge in [0.25, 0.3) is 0 Å². The van der Waals surface area contributed by atoms with E-state index >= 15 is 0 Å². The van der Waals surface area contributed by atoms with Crippen molar-refractivity contribution in [1.82, 2.24) is 0 Å². The fraction of sp³-hybridized carbons (Fsp3) is 0.364. The summed E-state index contributed by atoms with van der Waals surface area (Å²) in [5.41, 5.74) is 7.68. The van der Waals surface area contributed by atoms with Crippen LogP contribution in [-0.4, -0.2) is 12.1 Å².